The predicted molar refractivity (Wildman–Crippen MR) is 71.5 cm³/mol. The van der Waals surface area contributed by atoms with Crippen LogP contribution in [0.3, 0.4) is 0 Å². The summed E-state index contributed by atoms with van der Waals surface area (Å²) in [5.41, 5.74) is 4.03. The fraction of sp³-hybridized carbons (Fsp3) is 0.231. The lowest BCUT2D eigenvalue weighted by molar-refractivity contribution is 0.945. The van der Waals surface area contributed by atoms with Gasteiger partial charge in [0.1, 0.15) is 0 Å². The van der Waals surface area contributed by atoms with Gasteiger partial charge in [-0.1, -0.05) is 23.9 Å². The van der Waals surface area contributed by atoms with Crippen LogP contribution < -0.4 is 5.56 Å². The Morgan fingerprint density at radius 2 is 1.94 bits per heavy atom. The zero-order valence-electron chi connectivity index (χ0n) is 10.1. The van der Waals surface area contributed by atoms with Gasteiger partial charge in [0.05, 0.1) is 5.69 Å². The van der Waals surface area contributed by atoms with Gasteiger partial charge in [0.2, 0.25) is 0 Å². The number of thioether (sulfide) groups is 1. The summed E-state index contributed by atoms with van der Waals surface area (Å²) in [6.45, 7) is 4.12. The van der Waals surface area contributed by atoms with E-state index in [1.54, 1.807) is 0 Å². The molecule has 0 unspecified atom stereocenters. The Morgan fingerprint density at radius 3 is 2.59 bits per heavy atom. The first-order valence-electron chi connectivity index (χ1n) is 5.33. The summed E-state index contributed by atoms with van der Waals surface area (Å²) in [6.07, 6.45) is 1.89. The standard InChI is InChI=1S/C13H14N2OS/c1-8-4-5-10(6-9(8)2)11-7-12(16)15-13(14-11)17-3/h4-7H,1-3H3,(H,14,15,16). The monoisotopic (exact) mass is 246 g/mol. The van der Waals surface area contributed by atoms with E-state index in [1.165, 1.54) is 29.0 Å². The fourth-order valence-electron chi connectivity index (χ4n) is 1.58. The average Bonchev–Trinajstić information content (AvgIpc) is 2.32. The lowest BCUT2D eigenvalue weighted by atomic mass is 10.0. The second-order valence-corrected chi connectivity index (χ2v) is 4.73. The van der Waals surface area contributed by atoms with Crippen LogP contribution in [0.25, 0.3) is 11.3 Å². The van der Waals surface area contributed by atoms with E-state index in [0.29, 0.717) is 5.16 Å². The van der Waals surface area contributed by atoms with Crippen molar-refractivity contribution in [2.24, 2.45) is 0 Å². The first-order chi connectivity index (χ1) is 8.10. The Hall–Kier alpha value is -1.55. The maximum absolute atomic E-state index is 11.5. The fourth-order valence-corrected chi connectivity index (χ4v) is 1.97. The lowest BCUT2D eigenvalue weighted by Crippen LogP contribution is -2.07. The van der Waals surface area contributed by atoms with Crippen molar-refractivity contribution in [3.8, 4) is 11.3 Å². The summed E-state index contributed by atoms with van der Waals surface area (Å²) in [7, 11) is 0. The topological polar surface area (TPSA) is 45.8 Å². The minimum atomic E-state index is -0.113. The maximum Gasteiger partial charge on any atom is 0.252 e. The molecule has 0 aliphatic carbocycles. The van der Waals surface area contributed by atoms with Crippen molar-refractivity contribution in [1.29, 1.82) is 0 Å². The number of nitrogens with one attached hydrogen (secondary N) is 1. The van der Waals surface area contributed by atoms with E-state index < -0.39 is 0 Å². The van der Waals surface area contributed by atoms with Crippen LogP contribution in [-0.2, 0) is 0 Å². The molecular formula is C13H14N2OS. The van der Waals surface area contributed by atoms with Gasteiger partial charge in [-0.05, 0) is 37.3 Å². The van der Waals surface area contributed by atoms with Crippen LogP contribution in [0.5, 0.6) is 0 Å². The minimum absolute atomic E-state index is 0.113. The molecule has 88 valence electrons. The van der Waals surface area contributed by atoms with E-state index in [9.17, 15) is 4.79 Å². The number of benzene rings is 1. The zero-order chi connectivity index (χ0) is 12.4. The van der Waals surface area contributed by atoms with Crippen molar-refractivity contribution in [2.45, 2.75) is 19.0 Å². The summed E-state index contributed by atoms with van der Waals surface area (Å²) in [6, 6.07) is 7.63. The molecular weight excluding hydrogens is 232 g/mol. The first kappa shape index (κ1) is 11.9. The van der Waals surface area contributed by atoms with E-state index in [1.807, 2.05) is 18.4 Å². The van der Waals surface area contributed by atoms with Gasteiger partial charge < -0.3 is 4.98 Å². The molecule has 1 aromatic heterocycles. The number of aryl methyl sites for hydroxylation is 2. The minimum Gasteiger partial charge on any atom is -0.301 e. The Morgan fingerprint density at radius 1 is 1.18 bits per heavy atom. The van der Waals surface area contributed by atoms with Gasteiger partial charge in [-0.25, -0.2) is 4.98 Å². The lowest BCUT2D eigenvalue weighted by Gasteiger charge is -2.05. The highest BCUT2D eigenvalue weighted by molar-refractivity contribution is 7.98. The van der Waals surface area contributed by atoms with Gasteiger partial charge >= 0.3 is 0 Å². The molecule has 1 N–H and O–H groups in total. The highest BCUT2D eigenvalue weighted by Gasteiger charge is 2.04. The summed E-state index contributed by atoms with van der Waals surface area (Å²) >= 11 is 1.43. The smallest absolute Gasteiger partial charge is 0.252 e. The molecule has 0 bridgehead atoms. The number of rotatable bonds is 2. The van der Waals surface area contributed by atoms with Crippen molar-refractivity contribution in [3.05, 3.63) is 45.7 Å². The van der Waals surface area contributed by atoms with Crippen LogP contribution in [0.1, 0.15) is 11.1 Å². The molecule has 0 amide bonds. The number of H-pyrrole nitrogens is 1. The summed E-state index contributed by atoms with van der Waals surface area (Å²) in [5.74, 6) is 0. The van der Waals surface area contributed by atoms with Gasteiger partial charge in [-0.3, -0.25) is 4.79 Å². The Labute approximate surface area is 104 Å². The average molecular weight is 246 g/mol. The summed E-state index contributed by atoms with van der Waals surface area (Å²) in [5, 5.41) is 0.644. The van der Waals surface area contributed by atoms with Crippen molar-refractivity contribution in [2.75, 3.05) is 6.26 Å². The first-order valence-corrected chi connectivity index (χ1v) is 6.55. The second-order valence-electron chi connectivity index (χ2n) is 3.94. The van der Waals surface area contributed by atoms with Crippen LogP contribution in [-0.4, -0.2) is 16.2 Å². The molecule has 17 heavy (non-hydrogen) atoms. The molecule has 0 saturated heterocycles. The molecule has 3 nitrogen and oxygen atoms in total. The van der Waals surface area contributed by atoms with Crippen molar-refractivity contribution in [1.82, 2.24) is 9.97 Å². The second kappa shape index (κ2) is 4.75. The van der Waals surface area contributed by atoms with Crippen LogP contribution in [0.2, 0.25) is 0 Å². The zero-order valence-corrected chi connectivity index (χ0v) is 10.9. The Balaban J connectivity index is 2.55. The van der Waals surface area contributed by atoms with Crippen LogP contribution >= 0.6 is 11.8 Å². The quantitative estimate of drug-likeness (QED) is 0.654. The molecule has 1 heterocycles. The van der Waals surface area contributed by atoms with E-state index >= 15 is 0 Å². The van der Waals surface area contributed by atoms with E-state index in [2.05, 4.69) is 29.9 Å². The number of aromatic nitrogens is 2. The molecule has 1 aromatic carbocycles. The summed E-state index contributed by atoms with van der Waals surface area (Å²) in [4.78, 5) is 18.6. The molecule has 0 atom stereocenters. The molecule has 2 rings (SSSR count). The van der Waals surface area contributed by atoms with Crippen LogP contribution in [0.4, 0.5) is 0 Å². The molecule has 4 heteroatoms. The largest absolute Gasteiger partial charge is 0.301 e. The summed E-state index contributed by atoms with van der Waals surface area (Å²) < 4.78 is 0. The molecule has 2 aromatic rings. The molecule has 0 fully saturated rings. The third-order valence-corrected chi connectivity index (χ3v) is 3.30. The van der Waals surface area contributed by atoms with Gasteiger partial charge in [0.25, 0.3) is 5.56 Å². The number of hydrogen-bond donors (Lipinski definition) is 1. The highest BCUT2D eigenvalue weighted by Crippen LogP contribution is 2.20. The van der Waals surface area contributed by atoms with Gasteiger partial charge in [0.15, 0.2) is 5.16 Å². The normalized spacial score (nSPS) is 10.5. The maximum atomic E-state index is 11.5. The highest BCUT2D eigenvalue weighted by atomic mass is 32.2. The molecule has 0 aliphatic heterocycles. The SMILES string of the molecule is CSc1nc(-c2ccc(C)c(C)c2)cc(=O)[nH]1. The van der Waals surface area contributed by atoms with Crippen molar-refractivity contribution >= 4 is 11.8 Å². The van der Waals surface area contributed by atoms with Gasteiger partial charge in [-0.2, -0.15) is 0 Å². The number of nitrogens with zero attached hydrogens (tertiary/aromatic N) is 1. The van der Waals surface area contributed by atoms with Crippen molar-refractivity contribution in [3.63, 3.8) is 0 Å². The Kier molecular flexibility index (Phi) is 3.33. The van der Waals surface area contributed by atoms with E-state index in [4.69, 9.17) is 0 Å². The van der Waals surface area contributed by atoms with Gasteiger partial charge in [0, 0.05) is 11.6 Å². The Bertz CT molecular complexity index is 605. The molecule has 0 spiro atoms. The number of hydrogen-bond acceptors (Lipinski definition) is 3. The third kappa shape index (κ3) is 2.58. The van der Waals surface area contributed by atoms with Crippen molar-refractivity contribution < 1.29 is 0 Å². The molecule has 0 saturated carbocycles. The van der Waals surface area contributed by atoms with E-state index in [0.717, 1.165) is 11.3 Å². The van der Waals surface area contributed by atoms with E-state index in [-0.39, 0.29) is 5.56 Å². The predicted octanol–water partition coefficient (Wildman–Crippen LogP) is 2.78. The van der Waals surface area contributed by atoms with Crippen LogP contribution in [0, 0.1) is 13.8 Å². The third-order valence-electron chi connectivity index (χ3n) is 2.72. The van der Waals surface area contributed by atoms with Crippen LogP contribution in [0.15, 0.2) is 34.2 Å². The van der Waals surface area contributed by atoms with Gasteiger partial charge in [-0.15, -0.1) is 0 Å². The number of aromatic amines is 1. The molecule has 0 aliphatic rings. The molecule has 0 radical (unpaired) electrons.